The summed E-state index contributed by atoms with van der Waals surface area (Å²) in [5, 5.41) is 2.75. The molecule has 0 N–H and O–H groups in total. The Morgan fingerprint density at radius 1 is 1.20 bits per heavy atom. The lowest BCUT2D eigenvalue weighted by Gasteiger charge is -2.21. The molecule has 0 radical (unpaired) electrons. The van der Waals surface area contributed by atoms with Crippen LogP contribution in [0, 0.1) is 13.8 Å². The van der Waals surface area contributed by atoms with Crippen molar-refractivity contribution in [2.45, 2.75) is 20.3 Å². The summed E-state index contributed by atoms with van der Waals surface area (Å²) < 4.78 is 26.9. The minimum Gasteiger partial charge on any atom is -0.337 e. The zero-order valence-corrected chi connectivity index (χ0v) is 16.2. The van der Waals surface area contributed by atoms with Crippen LogP contribution in [-0.4, -0.2) is 65.5 Å². The molecule has 1 saturated heterocycles. The predicted molar refractivity (Wildman–Crippen MR) is 97.9 cm³/mol. The molecule has 7 nitrogen and oxygen atoms in total. The van der Waals surface area contributed by atoms with Gasteiger partial charge >= 0.3 is 0 Å². The molecule has 3 heterocycles. The topological polar surface area (TPSA) is 75.5 Å². The van der Waals surface area contributed by atoms with E-state index in [0.29, 0.717) is 38.2 Å². The predicted octanol–water partition coefficient (Wildman–Crippen LogP) is 1.66. The Kier molecular flexibility index (Phi) is 4.99. The molecular weight excluding hydrogens is 360 g/mol. The van der Waals surface area contributed by atoms with E-state index in [0.717, 1.165) is 16.5 Å². The summed E-state index contributed by atoms with van der Waals surface area (Å²) in [6.07, 6.45) is 3.60. The summed E-state index contributed by atoms with van der Waals surface area (Å²) in [7, 11) is -3.22. The van der Waals surface area contributed by atoms with E-state index in [1.54, 1.807) is 11.1 Å². The molecular formula is C16H22N4O3S2. The first-order valence-electron chi connectivity index (χ1n) is 8.12. The third-order valence-corrected chi connectivity index (χ3v) is 6.54. The van der Waals surface area contributed by atoms with Gasteiger partial charge in [0.25, 0.3) is 5.91 Å². The quantitative estimate of drug-likeness (QED) is 0.809. The van der Waals surface area contributed by atoms with Crippen molar-refractivity contribution >= 4 is 27.3 Å². The van der Waals surface area contributed by atoms with E-state index >= 15 is 0 Å². The molecule has 1 fully saturated rings. The van der Waals surface area contributed by atoms with Gasteiger partial charge in [0.2, 0.25) is 10.0 Å². The average Bonchev–Trinajstić information content (AvgIpc) is 3.05. The Morgan fingerprint density at radius 3 is 2.60 bits per heavy atom. The number of sulfonamides is 1. The van der Waals surface area contributed by atoms with Crippen molar-refractivity contribution in [3.05, 3.63) is 34.6 Å². The molecule has 0 spiro atoms. The summed E-state index contributed by atoms with van der Waals surface area (Å²) in [6.45, 7) is 5.65. The number of aryl methyl sites for hydroxylation is 1. The summed E-state index contributed by atoms with van der Waals surface area (Å²) in [5.41, 5.74) is 2.48. The summed E-state index contributed by atoms with van der Waals surface area (Å²) in [5.74, 6) is -0.0498. The first-order valence-corrected chi connectivity index (χ1v) is 10.8. The minimum absolute atomic E-state index is 0.0498. The number of carbonyl (C=O) groups is 1. The fourth-order valence-electron chi connectivity index (χ4n) is 3.20. The number of hydrogen-bond donors (Lipinski definition) is 0. The van der Waals surface area contributed by atoms with Crippen molar-refractivity contribution in [1.82, 2.24) is 18.8 Å². The maximum absolute atomic E-state index is 13.0. The van der Waals surface area contributed by atoms with Crippen molar-refractivity contribution in [2.75, 3.05) is 32.4 Å². The highest BCUT2D eigenvalue weighted by Gasteiger charge is 2.27. The SMILES string of the molecule is Cc1cc(C(=O)N2CCCN(S(C)(=O)=O)CC2)c(C)n1-c1nccs1. The number of nitrogens with zero attached hydrogens (tertiary/aromatic N) is 4. The fraction of sp³-hybridized carbons (Fsp3) is 0.500. The van der Waals surface area contributed by atoms with Gasteiger partial charge in [0, 0.05) is 49.1 Å². The van der Waals surface area contributed by atoms with E-state index in [9.17, 15) is 13.2 Å². The van der Waals surface area contributed by atoms with Crippen molar-refractivity contribution in [3.63, 3.8) is 0 Å². The third kappa shape index (κ3) is 3.63. The second kappa shape index (κ2) is 6.89. The number of hydrogen-bond acceptors (Lipinski definition) is 5. The Bertz CT molecular complexity index is 872. The Balaban J connectivity index is 1.83. The minimum atomic E-state index is -3.22. The molecule has 136 valence electrons. The molecule has 0 unspecified atom stereocenters. The fourth-order valence-corrected chi connectivity index (χ4v) is 4.82. The van der Waals surface area contributed by atoms with Gasteiger partial charge in [0.05, 0.1) is 11.8 Å². The molecule has 1 aliphatic heterocycles. The standard InChI is InChI=1S/C16H22N4O3S2/c1-12-11-14(13(2)20(12)16-17-5-10-24-16)15(21)18-6-4-7-19(9-8-18)25(3,22)23/h5,10-11H,4,6-9H2,1-3H3. The molecule has 2 aromatic rings. The highest BCUT2D eigenvalue weighted by molar-refractivity contribution is 7.88. The molecule has 0 bridgehead atoms. The lowest BCUT2D eigenvalue weighted by Crippen LogP contribution is -2.37. The van der Waals surface area contributed by atoms with Crippen LogP contribution < -0.4 is 0 Å². The van der Waals surface area contributed by atoms with Crippen LogP contribution in [0.4, 0.5) is 0 Å². The number of carbonyl (C=O) groups excluding carboxylic acids is 1. The van der Waals surface area contributed by atoms with E-state index in [1.165, 1.54) is 21.9 Å². The molecule has 25 heavy (non-hydrogen) atoms. The Morgan fingerprint density at radius 2 is 1.96 bits per heavy atom. The number of thiazole rings is 1. The van der Waals surface area contributed by atoms with Gasteiger partial charge in [-0.3, -0.25) is 9.36 Å². The second-order valence-corrected chi connectivity index (χ2v) is 9.10. The molecule has 2 aromatic heterocycles. The van der Waals surface area contributed by atoms with Gasteiger partial charge in [-0.1, -0.05) is 0 Å². The molecule has 1 aliphatic rings. The smallest absolute Gasteiger partial charge is 0.255 e. The van der Waals surface area contributed by atoms with Crippen LogP contribution in [0.2, 0.25) is 0 Å². The van der Waals surface area contributed by atoms with Crippen LogP contribution in [0.15, 0.2) is 17.6 Å². The van der Waals surface area contributed by atoms with Crippen molar-refractivity contribution in [3.8, 4) is 5.13 Å². The molecule has 0 aliphatic carbocycles. The van der Waals surface area contributed by atoms with Crippen molar-refractivity contribution in [1.29, 1.82) is 0 Å². The molecule has 9 heteroatoms. The highest BCUT2D eigenvalue weighted by atomic mass is 32.2. The molecule has 0 aromatic carbocycles. The lowest BCUT2D eigenvalue weighted by molar-refractivity contribution is 0.0763. The summed E-state index contributed by atoms with van der Waals surface area (Å²) >= 11 is 1.52. The second-order valence-electron chi connectivity index (χ2n) is 6.24. The van der Waals surface area contributed by atoms with Crippen LogP contribution >= 0.6 is 11.3 Å². The number of aromatic nitrogens is 2. The van der Waals surface area contributed by atoms with Gasteiger partial charge in [-0.05, 0) is 26.3 Å². The zero-order valence-electron chi connectivity index (χ0n) is 14.6. The van der Waals surface area contributed by atoms with Crippen molar-refractivity contribution in [2.24, 2.45) is 0 Å². The maximum Gasteiger partial charge on any atom is 0.255 e. The van der Waals surface area contributed by atoms with Crippen molar-refractivity contribution < 1.29 is 13.2 Å². The van der Waals surface area contributed by atoms with E-state index < -0.39 is 10.0 Å². The summed E-state index contributed by atoms with van der Waals surface area (Å²) in [6, 6.07) is 1.89. The van der Waals surface area contributed by atoms with E-state index in [4.69, 9.17) is 0 Å². The average molecular weight is 383 g/mol. The van der Waals surface area contributed by atoms with Gasteiger partial charge in [-0.2, -0.15) is 0 Å². The van der Waals surface area contributed by atoms with Gasteiger partial charge in [-0.25, -0.2) is 17.7 Å². The number of rotatable bonds is 3. The van der Waals surface area contributed by atoms with Gasteiger partial charge in [0.15, 0.2) is 5.13 Å². The Hall–Kier alpha value is -1.71. The zero-order chi connectivity index (χ0) is 18.2. The molecule has 3 rings (SSSR count). The van der Waals surface area contributed by atoms with Crippen LogP contribution in [-0.2, 0) is 10.0 Å². The lowest BCUT2D eigenvalue weighted by atomic mass is 10.2. The molecule has 1 amide bonds. The Labute approximate surface area is 151 Å². The van der Waals surface area contributed by atoms with E-state index in [2.05, 4.69) is 4.98 Å². The van der Waals surface area contributed by atoms with Crippen LogP contribution in [0.3, 0.4) is 0 Å². The largest absolute Gasteiger partial charge is 0.337 e. The van der Waals surface area contributed by atoms with E-state index in [-0.39, 0.29) is 5.91 Å². The van der Waals surface area contributed by atoms with Crippen LogP contribution in [0.5, 0.6) is 0 Å². The summed E-state index contributed by atoms with van der Waals surface area (Å²) in [4.78, 5) is 19.1. The molecule has 0 atom stereocenters. The maximum atomic E-state index is 13.0. The van der Waals surface area contributed by atoms with Crippen LogP contribution in [0.25, 0.3) is 5.13 Å². The van der Waals surface area contributed by atoms with Crippen LogP contribution in [0.1, 0.15) is 28.2 Å². The monoisotopic (exact) mass is 382 g/mol. The first-order chi connectivity index (χ1) is 11.8. The number of amides is 1. The first kappa shape index (κ1) is 18.1. The third-order valence-electron chi connectivity index (χ3n) is 4.48. The van der Waals surface area contributed by atoms with E-state index in [1.807, 2.05) is 29.9 Å². The highest BCUT2D eigenvalue weighted by Crippen LogP contribution is 2.23. The normalized spacial score (nSPS) is 16.8. The van der Waals surface area contributed by atoms with Gasteiger partial charge in [0.1, 0.15) is 0 Å². The van der Waals surface area contributed by atoms with Gasteiger partial charge < -0.3 is 4.90 Å². The molecule has 0 saturated carbocycles. The van der Waals surface area contributed by atoms with Gasteiger partial charge in [-0.15, -0.1) is 11.3 Å².